The predicted octanol–water partition coefficient (Wildman–Crippen LogP) is 3.91. The molecule has 0 bridgehead atoms. The molecule has 1 N–H and O–H groups in total. The minimum Gasteiger partial charge on any atom is -0.493 e. The quantitative estimate of drug-likeness (QED) is 0.188. The highest BCUT2D eigenvalue weighted by Crippen LogP contribution is 2.32. The van der Waals surface area contributed by atoms with Gasteiger partial charge in [0.05, 0.1) is 31.0 Å². The van der Waals surface area contributed by atoms with Crippen LogP contribution in [0, 0.1) is 5.82 Å². The number of sulfonamides is 1. The molecule has 3 aromatic rings. The fourth-order valence-corrected chi connectivity index (χ4v) is 4.97. The van der Waals surface area contributed by atoms with Crippen LogP contribution in [0.2, 0.25) is 0 Å². The molecule has 3 rings (SSSR count). The Morgan fingerprint density at radius 3 is 2.19 bits per heavy atom. The second kappa shape index (κ2) is 13.8. The van der Waals surface area contributed by atoms with E-state index in [9.17, 15) is 22.4 Å². The topological polar surface area (TPSA) is 133 Å². The molecule has 0 aliphatic carbocycles. The molecule has 0 unspecified atom stereocenters. The van der Waals surface area contributed by atoms with Crippen molar-refractivity contribution in [3.05, 3.63) is 78.1 Å². The van der Waals surface area contributed by atoms with Crippen molar-refractivity contribution in [3.63, 3.8) is 0 Å². The van der Waals surface area contributed by atoms with Crippen LogP contribution in [0.25, 0.3) is 0 Å². The van der Waals surface area contributed by atoms with Gasteiger partial charge in [-0.3, -0.25) is 9.10 Å². The van der Waals surface area contributed by atoms with Crippen LogP contribution in [0.1, 0.15) is 26.3 Å². The van der Waals surface area contributed by atoms with Crippen LogP contribution in [0.5, 0.6) is 17.2 Å². The van der Waals surface area contributed by atoms with Gasteiger partial charge in [-0.05, 0) is 87.0 Å². The lowest BCUT2D eigenvalue weighted by atomic mass is 10.2. The zero-order valence-corrected chi connectivity index (χ0v) is 24.6. The van der Waals surface area contributed by atoms with Crippen molar-refractivity contribution in [2.45, 2.75) is 31.3 Å². The predicted molar refractivity (Wildman–Crippen MR) is 154 cm³/mol. The van der Waals surface area contributed by atoms with Crippen LogP contribution in [0.15, 0.2) is 76.7 Å². The minimum absolute atomic E-state index is 0.0623. The molecule has 0 aliphatic heterocycles. The van der Waals surface area contributed by atoms with Crippen molar-refractivity contribution in [1.29, 1.82) is 0 Å². The zero-order chi connectivity index (χ0) is 30.9. The van der Waals surface area contributed by atoms with Gasteiger partial charge in [0.25, 0.3) is 15.9 Å². The number of hydrazone groups is 1. The molecule has 0 spiro atoms. The van der Waals surface area contributed by atoms with Gasteiger partial charge in [0.1, 0.15) is 23.7 Å². The normalized spacial score (nSPS) is 11.6. The van der Waals surface area contributed by atoms with E-state index in [0.29, 0.717) is 17.1 Å². The highest BCUT2D eigenvalue weighted by molar-refractivity contribution is 7.92. The number of anilines is 1. The van der Waals surface area contributed by atoms with Gasteiger partial charge in [0.15, 0.2) is 18.1 Å². The van der Waals surface area contributed by atoms with Gasteiger partial charge in [-0.2, -0.15) is 5.10 Å². The Balaban J connectivity index is 1.70. The summed E-state index contributed by atoms with van der Waals surface area (Å²) < 4.78 is 62.6. The van der Waals surface area contributed by atoms with E-state index >= 15 is 0 Å². The van der Waals surface area contributed by atoms with Gasteiger partial charge in [-0.25, -0.2) is 23.0 Å². The molecule has 11 nitrogen and oxygen atoms in total. The van der Waals surface area contributed by atoms with E-state index in [2.05, 4.69) is 10.5 Å². The number of halogens is 1. The number of nitrogens with zero attached hydrogens (tertiary/aromatic N) is 2. The number of nitrogens with one attached hydrogen (secondary N) is 1. The number of rotatable bonds is 12. The zero-order valence-electron chi connectivity index (χ0n) is 23.8. The summed E-state index contributed by atoms with van der Waals surface area (Å²) in [6.07, 6.45) is 1.35. The molecule has 0 saturated heterocycles. The molecule has 0 fully saturated rings. The number of ether oxygens (including phenoxy) is 4. The Hall–Kier alpha value is -4.65. The highest BCUT2D eigenvalue weighted by atomic mass is 32.2. The van der Waals surface area contributed by atoms with Crippen LogP contribution in [0.4, 0.5) is 10.1 Å². The molecule has 0 aromatic heterocycles. The summed E-state index contributed by atoms with van der Waals surface area (Å²) in [4.78, 5) is 24.4. The smallest absolute Gasteiger partial charge is 0.344 e. The summed E-state index contributed by atoms with van der Waals surface area (Å²) >= 11 is 0. The molecule has 42 heavy (non-hydrogen) atoms. The van der Waals surface area contributed by atoms with Crippen molar-refractivity contribution >= 4 is 33.8 Å². The first-order valence-electron chi connectivity index (χ1n) is 12.6. The van der Waals surface area contributed by atoms with E-state index in [-0.39, 0.29) is 22.9 Å². The summed E-state index contributed by atoms with van der Waals surface area (Å²) in [5.74, 6) is -0.905. The van der Waals surface area contributed by atoms with Gasteiger partial charge in [-0.15, -0.1) is 0 Å². The molecule has 224 valence electrons. The van der Waals surface area contributed by atoms with Gasteiger partial charge < -0.3 is 18.9 Å². The third-order valence-corrected chi connectivity index (χ3v) is 7.17. The number of hydrogen-bond donors (Lipinski definition) is 1. The average Bonchev–Trinajstić information content (AvgIpc) is 2.94. The third kappa shape index (κ3) is 8.93. The van der Waals surface area contributed by atoms with E-state index in [1.54, 1.807) is 45.0 Å². The molecule has 3 aromatic carbocycles. The number of benzene rings is 3. The maximum Gasteiger partial charge on any atom is 0.344 e. The lowest BCUT2D eigenvalue weighted by molar-refractivity contribution is -0.157. The number of carbonyl (C=O) groups excluding carboxylic acids is 2. The van der Waals surface area contributed by atoms with E-state index in [0.717, 1.165) is 16.4 Å². The molecule has 0 atom stereocenters. The monoisotopic (exact) mass is 601 g/mol. The molecule has 0 saturated carbocycles. The third-order valence-electron chi connectivity index (χ3n) is 5.40. The molecule has 1 amide bonds. The maximum atomic E-state index is 13.6. The molecule has 0 heterocycles. The van der Waals surface area contributed by atoms with Crippen LogP contribution < -0.4 is 23.9 Å². The van der Waals surface area contributed by atoms with Crippen molar-refractivity contribution in [2.24, 2.45) is 5.10 Å². The average molecular weight is 602 g/mol. The summed E-state index contributed by atoms with van der Waals surface area (Å²) in [6.45, 7) is 4.37. The molecule has 0 radical (unpaired) electrons. The first-order valence-corrected chi connectivity index (χ1v) is 14.0. The van der Waals surface area contributed by atoms with Crippen molar-refractivity contribution < 1.29 is 41.3 Å². The van der Waals surface area contributed by atoms with E-state index in [4.69, 9.17) is 18.9 Å². The SMILES string of the molecule is COc1ccc(S(=O)(=O)N(CC(=O)N/N=C\c2ccc(OCC(=O)OC(C)(C)C)cc2)c2ccc(F)cc2)cc1OC. The maximum absolute atomic E-state index is 13.6. The Labute approximate surface area is 243 Å². The second-order valence-electron chi connectivity index (χ2n) is 9.74. The van der Waals surface area contributed by atoms with Crippen molar-refractivity contribution in [3.8, 4) is 17.2 Å². The Kier molecular flexibility index (Phi) is 10.5. The Morgan fingerprint density at radius 1 is 0.952 bits per heavy atom. The van der Waals surface area contributed by atoms with Gasteiger partial charge >= 0.3 is 5.97 Å². The first kappa shape index (κ1) is 31.9. The summed E-state index contributed by atoms with van der Waals surface area (Å²) in [5, 5.41) is 3.89. The lowest BCUT2D eigenvalue weighted by Crippen LogP contribution is -2.39. The molecule has 13 heteroatoms. The molecular formula is C29H32FN3O8S. The van der Waals surface area contributed by atoms with Crippen LogP contribution in [-0.4, -0.2) is 59.5 Å². The minimum atomic E-state index is -4.31. The number of hydrogen-bond acceptors (Lipinski definition) is 9. The van der Waals surface area contributed by atoms with Crippen LogP contribution >= 0.6 is 0 Å². The largest absolute Gasteiger partial charge is 0.493 e. The molecule has 0 aliphatic rings. The number of amides is 1. The lowest BCUT2D eigenvalue weighted by Gasteiger charge is -2.24. The fourth-order valence-electron chi connectivity index (χ4n) is 3.53. The first-order chi connectivity index (χ1) is 19.8. The van der Waals surface area contributed by atoms with Crippen LogP contribution in [0.3, 0.4) is 0 Å². The van der Waals surface area contributed by atoms with Gasteiger partial charge in [0.2, 0.25) is 0 Å². The fraction of sp³-hybridized carbons (Fsp3) is 0.276. The van der Waals surface area contributed by atoms with Crippen molar-refractivity contribution in [2.75, 3.05) is 31.7 Å². The van der Waals surface area contributed by atoms with Gasteiger partial charge in [-0.1, -0.05) is 0 Å². The number of methoxy groups -OCH3 is 2. The van der Waals surface area contributed by atoms with E-state index in [1.807, 2.05) is 0 Å². The number of carbonyl (C=O) groups is 2. The Bertz CT molecular complexity index is 1520. The standard InChI is InChI=1S/C29H32FN3O8S/c1-29(2,3)41-28(35)19-40-23-12-6-20(7-13-23)17-31-32-27(34)18-33(22-10-8-21(30)9-11-22)42(36,37)24-14-15-25(38-4)26(16-24)39-5/h6-17H,18-19H2,1-5H3,(H,32,34)/b31-17-. The van der Waals surface area contributed by atoms with E-state index in [1.165, 1.54) is 50.8 Å². The molecular weight excluding hydrogens is 569 g/mol. The van der Waals surface area contributed by atoms with Crippen molar-refractivity contribution in [1.82, 2.24) is 5.43 Å². The van der Waals surface area contributed by atoms with Gasteiger partial charge in [0, 0.05) is 6.07 Å². The Morgan fingerprint density at radius 2 is 1.60 bits per heavy atom. The van der Waals surface area contributed by atoms with Crippen LogP contribution in [-0.2, 0) is 24.3 Å². The summed E-state index contributed by atoms with van der Waals surface area (Å²) in [6, 6.07) is 15.2. The second-order valence-corrected chi connectivity index (χ2v) is 11.6. The summed E-state index contributed by atoms with van der Waals surface area (Å²) in [7, 11) is -1.53. The highest BCUT2D eigenvalue weighted by Gasteiger charge is 2.28. The van der Waals surface area contributed by atoms with E-state index < -0.39 is 39.9 Å². The number of esters is 1. The summed E-state index contributed by atoms with van der Waals surface area (Å²) in [5.41, 5.74) is 2.33.